The summed E-state index contributed by atoms with van der Waals surface area (Å²) in [4.78, 5) is 17.7. The SMILES string of the molecule is CN(Cc1ccccc1)C(=O)c1ccc(Cl)nc1. The Bertz CT molecular complexity index is 525. The molecule has 1 heterocycles. The summed E-state index contributed by atoms with van der Waals surface area (Å²) in [5, 5.41) is 0.386. The molecule has 4 heteroatoms. The molecule has 0 aliphatic heterocycles. The molecule has 0 N–H and O–H groups in total. The Morgan fingerprint density at radius 3 is 2.56 bits per heavy atom. The Balaban J connectivity index is 2.07. The molecule has 0 radical (unpaired) electrons. The van der Waals surface area contributed by atoms with Gasteiger partial charge in [0, 0.05) is 19.8 Å². The Morgan fingerprint density at radius 2 is 1.94 bits per heavy atom. The molecule has 0 aliphatic carbocycles. The summed E-state index contributed by atoms with van der Waals surface area (Å²) in [5.41, 5.74) is 1.63. The molecular weight excluding hydrogens is 248 g/mol. The van der Waals surface area contributed by atoms with Crippen LogP contribution in [0.5, 0.6) is 0 Å². The lowest BCUT2D eigenvalue weighted by atomic mass is 10.2. The van der Waals surface area contributed by atoms with Gasteiger partial charge in [-0.25, -0.2) is 4.98 Å². The quantitative estimate of drug-likeness (QED) is 0.795. The summed E-state index contributed by atoms with van der Waals surface area (Å²) in [6.07, 6.45) is 1.49. The van der Waals surface area contributed by atoms with Gasteiger partial charge in [-0.15, -0.1) is 0 Å². The number of carbonyl (C=O) groups is 1. The number of carbonyl (C=O) groups excluding carboxylic acids is 1. The molecule has 0 bridgehead atoms. The molecule has 1 aromatic carbocycles. The minimum atomic E-state index is -0.0666. The van der Waals surface area contributed by atoms with E-state index in [0.717, 1.165) is 5.56 Å². The number of rotatable bonds is 3. The highest BCUT2D eigenvalue weighted by atomic mass is 35.5. The van der Waals surface area contributed by atoms with Crippen molar-refractivity contribution in [1.29, 1.82) is 0 Å². The molecule has 92 valence electrons. The smallest absolute Gasteiger partial charge is 0.255 e. The second-order valence-corrected chi connectivity index (χ2v) is 4.40. The van der Waals surface area contributed by atoms with Gasteiger partial charge in [0.05, 0.1) is 5.56 Å². The molecule has 0 saturated heterocycles. The van der Waals surface area contributed by atoms with E-state index in [-0.39, 0.29) is 5.91 Å². The maximum absolute atomic E-state index is 12.1. The summed E-state index contributed by atoms with van der Waals surface area (Å²) in [6, 6.07) is 13.1. The Labute approximate surface area is 111 Å². The average molecular weight is 261 g/mol. The van der Waals surface area contributed by atoms with E-state index in [1.54, 1.807) is 24.1 Å². The molecule has 0 aliphatic rings. The van der Waals surface area contributed by atoms with Crippen LogP contribution in [0, 0.1) is 0 Å². The van der Waals surface area contributed by atoms with Gasteiger partial charge in [0.2, 0.25) is 0 Å². The number of aromatic nitrogens is 1. The fraction of sp³-hybridized carbons (Fsp3) is 0.143. The third-order valence-corrected chi connectivity index (χ3v) is 2.81. The molecule has 3 nitrogen and oxygen atoms in total. The van der Waals surface area contributed by atoms with E-state index in [1.165, 1.54) is 6.20 Å². The van der Waals surface area contributed by atoms with Crippen molar-refractivity contribution < 1.29 is 4.79 Å². The van der Waals surface area contributed by atoms with Crippen molar-refractivity contribution in [2.45, 2.75) is 6.54 Å². The summed E-state index contributed by atoms with van der Waals surface area (Å²) in [6.45, 7) is 0.572. The van der Waals surface area contributed by atoms with Crippen molar-refractivity contribution in [3.8, 4) is 0 Å². The van der Waals surface area contributed by atoms with Crippen LogP contribution in [-0.4, -0.2) is 22.8 Å². The molecule has 18 heavy (non-hydrogen) atoms. The third-order valence-electron chi connectivity index (χ3n) is 2.58. The number of pyridine rings is 1. The zero-order valence-electron chi connectivity index (χ0n) is 10.0. The molecular formula is C14H13ClN2O. The molecule has 0 spiro atoms. The van der Waals surface area contributed by atoms with Crippen LogP contribution < -0.4 is 0 Å². The van der Waals surface area contributed by atoms with Gasteiger partial charge in [-0.2, -0.15) is 0 Å². The molecule has 1 amide bonds. The zero-order valence-corrected chi connectivity index (χ0v) is 10.8. The van der Waals surface area contributed by atoms with Crippen LogP contribution in [-0.2, 0) is 6.54 Å². The first kappa shape index (κ1) is 12.6. The lowest BCUT2D eigenvalue weighted by Crippen LogP contribution is -2.26. The van der Waals surface area contributed by atoms with Crippen LogP contribution in [0.15, 0.2) is 48.7 Å². The van der Waals surface area contributed by atoms with Crippen molar-refractivity contribution in [3.63, 3.8) is 0 Å². The zero-order chi connectivity index (χ0) is 13.0. The van der Waals surface area contributed by atoms with Crippen LogP contribution in [0.4, 0.5) is 0 Å². The van der Waals surface area contributed by atoms with Crippen molar-refractivity contribution in [2.75, 3.05) is 7.05 Å². The standard InChI is InChI=1S/C14H13ClN2O/c1-17(10-11-5-3-2-4-6-11)14(18)12-7-8-13(15)16-9-12/h2-9H,10H2,1H3. The van der Waals surface area contributed by atoms with E-state index >= 15 is 0 Å². The van der Waals surface area contributed by atoms with E-state index in [2.05, 4.69) is 4.98 Å². The van der Waals surface area contributed by atoms with Gasteiger partial charge in [-0.1, -0.05) is 41.9 Å². The van der Waals surface area contributed by atoms with Crippen molar-refractivity contribution in [3.05, 3.63) is 64.9 Å². The first-order valence-corrected chi connectivity index (χ1v) is 5.95. The molecule has 0 unspecified atom stereocenters. The number of halogens is 1. The van der Waals surface area contributed by atoms with Gasteiger partial charge >= 0.3 is 0 Å². The van der Waals surface area contributed by atoms with Gasteiger partial charge < -0.3 is 4.90 Å². The predicted octanol–water partition coefficient (Wildman–Crippen LogP) is 3.01. The maximum atomic E-state index is 12.1. The van der Waals surface area contributed by atoms with Crippen LogP contribution in [0.1, 0.15) is 15.9 Å². The molecule has 0 saturated carbocycles. The highest BCUT2D eigenvalue weighted by Gasteiger charge is 2.12. The lowest BCUT2D eigenvalue weighted by Gasteiger charge is -2.17. The number of hydrogen-bond donors (Lipinski definition) is 0. The minimum Gasteiger partial charge on any atom is -0.337 e. The topological polar surface area (TPSA) is 33.2 Å². The number of nitrogens with zero attached hydrogens (tertiary/aromatic N) is 2. The second kappa shape index (κ2) is 5.65. The number of amides is 1. The Hall–Kier alpha value is -1.87. The van der Waals surface area contributed by atoms with E-state index in [4.69, 9.17) is 11.6 Å². The van der Waals surface area contributed by atoms with Gasteiger partial charge in [0.15, 0.2) is 0 Å². The van der Waals surface area contributed by atoms with Gasteiger partial charge in [-0.3, -0.25) is 4.79 Å². The normalized spacial score (nSPS) is 10.1. The monoisotopic (exact) mass is 260 g/mol. The fourth-order valence-electron chi connectivity index (χ4n) is 1.65. The van der Waals surface area contributed by atoms with Crippen molar-refractivity contribution >= 4 is 17.5 Å². The fourth-order valence-corrected chi connectivity index (χ4v) is 1.76. The maximum Gasteiger partial charge on any atom is 0.255 e. The largest absolute Gasteiger partial charge is 0.337 e. The van der Waals surface area contributed by atoms with Crippen LogP contribution in [0.3, 0.4) is 0 Å². The third kappa shape index (κ3) is 3.08. The Morgan fingerprint density at radius 1 is 1.22 bits per heavy atom. The molecule has 2 aromatic rings. The highest BCUT2D eigenvalue weighted by molar-refractivity contribution is 6.29. The van der Waals surface area contributed by atoms with E-state index in [0.29, 0.717) is 17.3 Å². The first-order valence-electron chi connectivity index (χ1n) is 5.58. The van der Waals surface area contributed by atoms with E-state index in [9.17, 15) is 4.79 Å². The van der Waals surface area contributed by atoms with E-state index in [1.807, 2.05) is 30.3 Å². The summed E-state index contributed by atoms with van der Waals surface area (Å²) in [5.74, 6) is -0.0666. The van der Waals surface area contributed by atoms with E-state index < -0.39 is 0 Å². The average Bonchev–Trinajstić information content (AvgIpc) is 2.40. The molecule has 0 atom stereocenters. The minimum absolute atomic E-state index is 0.0666. The summed E-state index contributed by atoms with van der Waals surface area (Å²) < 4.78 is 0. The van der Waals surface area contributed by atoms with Crippen molar-refractivity contribution in [1.82, 2.24) is 9.88 Å². The summed E-state index contributed by atoms with van der Waals surface area (Å²) in [7, 11) is 1.77. The predicted molar refractivity (Wildman–Crippen MR) is 71.5 cm³/mol. The molecule has 0 fully saturated rings. The summed E-state index contributed by atoms with van der Waals surface area (Å²) >= 11 is 5.69. The van der Waals surface area contributed by atoms with Gasteiger partial charge in [0.25, 0.3) is 5.91 Å². The van der Waals surface area contributed by atoms with Crippen LogP contribution in [0.25, 0.3) is 0 Å². The number of hydrogen-bond acceptors (Lipinski definition) is 2. The van der Waals surface area contributed by atoms with Crippen LogP contribution in [0.2, 0.25) is 5.15 Å². The van der Waals surface area contributed by atoms with Gasteiger partial charge in [0.1, 0.15) is 5.15 Å². The molecule has 1 aromatic heterocycles. The Kier molecular flexibility index (Phi) is 3.95. The van der Waals surface area contributed by atoms with Crippen LogP contribution >= 0.6 is 11.6 Å². The molecule has 2 rings (SSSR count). The first-order chi connectivity index (χ1) is 8.66. The lowest BCUT2D eigenvalue weighted by molar-refractivity contribution is 0.0784. The highest BCUT2D eigenvalue weighted by Crippen LogP contribution is 2.10. The second-order valence-electron chi connectivity index (χ2n) is 4.02. The number of benzene rings is 1. The van der Waals surface area contributed by atoms with Gasteiger partial charge in [-0.05, 0) is 17.7 Å². The van der Waals surface area contributed by atoms with Crippen molar-refractivity contribution in [2.24, 2.45) is 0 Å².